The van der Waals surface area contributed by atoms with Crippen LogP contribution in [0, 0.1) is 6.92 Å². The zero-order valence-corrected chi connectivity index (χ0v) is 16.2. The van der Waals surface area contributed by atoms with Crippen molar-refractivity contribution in [3.05, 3.63) is 50.1 Å². The molecule has 0 bridgehead atoms. The molecule has 3 aromatic rings. The molecule has 0 fully saturated rings. The van der Waals surface area contributed by atoms with Crippen LogP contribution >= 0.6 is 23.1 Å². The van der Waals surface area contributed by atoms with Crippen molar-refractivity contribution in [2.75, 3.05) is 7.11 Å². The van der Waals surface area contributed by atoms with Crippen molar-refractivity contribution in [3.63, 3.8) is 0 Å². The van der Waals surface area contributed by atoms with E-state index in [2.05, 4.69) is 13.0 Å². The summed E-state index contributed by atoms with van der Waals surface area (Å²) in [7, 11) is 3.51. The van der Waals surface area contributed by atoms with E-state index in [0.717, 1.165) is 51.7 Å². The summed E-state index contributed by atoms with van der Waals surface area (Å²) in [6.45, 7) is 2.07. The lowest BCUT2D eigenvalue weighted by Crippen LogP contribution is -2.20. The summed E-state index contributed by atoms with van der Waals surface area (Å²) in [5.74, 6) is 1.60. The molecule has 6 heteroatoms. The fourth-order valence-electron chi connectivity index (χ4n) is 3.40. The van der Waals surface area contributed by atoms with E-state index >= 15 is 0 Å². The van der Waals surface area contributed by atoms with E-state index < -0.39 is 0 Å². The van der Waals surface area contributed by atoms with Gasteiger partial charge in [0.2, 0.25) is 0 Å². The van der Waals surface area contributed by atoms with Crippen LogP contribution in [0.4, 0.5) is 0 Å². The predicted molar refractivity (Wildman–Crippen MR) is 104 cm³/mol. The molecule has 0 amide bonds. The molecule has 0 aliphatic heterocycles. The summed E-state index contributed by atoms with van der Waals surface area (Å²) >= 11 is 3.28. The highest BCUT2D eigenvalue weighted by molar-refractivity contribution is 7.98. The van der Waals surface area contributed by atoms with E-state index in [1.54, 1.807) is 34.8 Å². The van der Waals surface area contributed by atoms with Gasteiger partial charge in [-0.25, -0.2) is 4.98 Å². The van der Waals surface area contributed by atoms with Crippen LogP contribution in [0.15, 0.2) is 28.2 Å². The molecule has 1 aliphatic carbocycles. The maximum Gasteiger partial charge on any atom is 0.262 e. The zero-order chi connectivity index (χ0) is 17.6. The molecule has 0 N–H and O–H groups in total. The Balaban J connectivity index is 1.70. The first-order valence-corrected chi connectivity index (χ1v) is 10.2. The van der Waals surface area contributed by atoms with E-state index in [1.165, 1.54) is 16.0 Å². The molecule has 1 aromatic carbocycles. The van der Waals surface area contributed by atoms with E-state index in [1.807, 2.05) is 19.2 Å². The molecular weight excluding hydrogens is 352 g/mol. The van der Waals surface area contributed by atoms with Crippen molar-refractivity contribution in [3.8, 4) is 5.75 Å². The molecule has 0 atom stereocenters. The normalized spacial score (nSPS) is 13.4. The Labute approximate surface area is 154 Å². The van der Waals surface area contributed by atoms with E-state index in [9.17, 15) is 4.79 Å². The van der Waals surface area contributed by atoms with Crippen molar-refractivity contribution in [1.29, 1.82) is 0 Å². The lowest BCUT2D eigenvalue weighted by molar-refractivity contribution is 0.411. The largest absolute Gasteiger partial charge is 0.496 e. The Hall–Kier alpha value is -1.79. The summed E-state index contributed by atoms with van der Waals surface area (Å²) in [4.78, 5) is 19.9. The second kappa shape index (κ2) is 6.50. The Morgan fingerprint density at radius 2 is 2.20 bits per heavy atom. The second-order valence-corrected chi connectivity index (χ2v) is 8.43. The molecule has 1 aliphatic rings. The third-order valence-electron chi connectivity index (χ3n) is 4.70. The van der Waals surface area contributed by atoms with Gasteiger partial charge in [0.25, 0.3) is 5.56 Å². The third kappa shape index (κ3) is 2.87. The number of methoxy groups -OCH3 is 1. The van der Waals surface area contributed by atoms with E-state index in [4.69, 9.17) is 9.72 Å². The van der Waals surface area contributed by atoms with Gasteiger partial charge in [0.05, 0.1) is 12.5 Å². The van der Waals surface area contributed by atoms with Crippen LogP contribution in [0.5, 0.6) is 5.75 Å². The predicted octanol–water partition coefficient (Wildman–Crippen LogP) is 4.09. The number of benzene rings is 1. The molecule has 0 saturated heterocycles. The van der Waals surface area contributed by atoms with Crippen LogP contribution in [0.2, 0.25) is 0 Å². The molecule has 4 rings (SSSR count). The number of fused-ring (bicyclic) bond motifs is 3. The molecule has 130 valence electrons. The van der Waals surface area contributed by atoms with Gasteiger partial charge in [-0.3, -0.25) is 9.36 Å². The van der Waals surface area contributed by atoms with Gasteiger partial charge in [-0.15, -0.1) is 11.3 Å². The van der Waals surface area contributed by atoms with Gasteiger partial charge in [-0.2, -0.15) is 0 Å². The average Bonchev–Trinajstić information content (AvgIpc) is 3.17. The molecule has 0 spiro atoms. The topological polar surface area (TPSA) is 44.1 Å². The minimum atomic E-state index is 0.0862. The van der Waals surface area contributed by atoms with Crippen molar-refractivity contribution >= 4 is 33.3 Å². The van der Waals surface area contributed by atoms with Gasteiger partial charge in [-0.1, -0.05) is 29.5 Å². The number of thiophene rings is 1. The van der Waals surface area contributed by atoms with E-state index in [0.29, 0.717) is 0 Å². The Morgan fingerprint density at radius 1 is 1.36 bits per heavy atom. The minimum Gasteiger partial charge on any atom is -0.496 e. The van der Waals surface area contributed by atoms with Crippen LogP contribution in [-0.2, 0) is 25.6 Å². The Morgan fingerprint density at radius 3 is 3.00 bits per heavy atom. The Bertz CT molecular complexity index is 1020. The fraction of sp³-hybridized carbons (Fsp3) is 0.368. The van der Waals surface area contributed by atoms with Gasteiger partial charge in [0.15, 0.2) is 5.16 Å². The summed E-state index contributed by atoms with van der Waals surface area (Å²) in [5.41, 5.74) is 3.65. The molecule has 0 unspecified atom stereocenters. The molecule has 2 heterocycles. The lowest BCUT2D eigenvalue weighted by Gasteiger charge is -2.11. The number of hydrogen-bond donors (Lipinski definition) is 0. The number of hydrogen-bond acceptors (Lipinski definition) is 5. The van der Waals surface area contributed by atoms with Crippen molar-refractivity contribution in [2.45, 2.75) is 37.1 Å². The zero-order valence-electron chi connectivity index (χ0n) is 14.6. The van der Waals surface area contributed by atoms with Crippen molar-refractivity contribution in [2.24, 2.45) is 7.05 Å². The number of aromatic nitrogens is 2. The molecule has 0 saturated carbocycles. The van der Waals surface area contributed by atoms with Crippen molar-refractivity contribution in [1.82, 2.24) is 9.55 Å². The molecule has 2 aromatic heterocycles. The van der Waals surface area contributed by atoms with Crippen LogP contribution in [0.3, 0.4) is 0 Å². The Kier molecular flexibility index (Phi) is 4.33. The monoisotopic (exact) mass is 372 g/mol. The first-order valence-electron chi connectivity index (χ1n) is 8.36. The van der Waals surface area contributed by atoms with Gasteiger partial charge in [-0.05, 0) is 37.8 Å². The van der Waals surface area contributed by atoms with Gasteiger partial charge >= 0.3 is 0 Å². The number of aryl methyl sites for hydroxylation is 3. The van der Waals surface area contributed by atoms with Crippen LogP contribution < -0.4 is 10.3 Å². The van der Waals surface area contributed by atoms with Crippen LogP contribution in [0.1, 0.15) is 28.0 Å². The van der Waals surface area contributed by atoms with Crippen LogP contribution in [-0.4, -0.2) is 16.7 Å². The SMILES string of the molecule is COc1ccc(C)cc1CSc1nc2sc3c(c2c(=O)n1C)CCC3. The standard InChI is InChI=1S/C19H20N2O2S2/c1-11-7-8-14(23-3)12(9-11)10-24-19-20-17-16(18(22)21(19)2)13-5-4-6-15(13)25-17/h7-9H,4-6,10H2,1-3H3. The highest BCUT2D eigenvalue weighted by atomic mass is 32.2. The highest BCUT2D eigenvalue weighted by Gasteiger charge is 2.22. The summed E-state index contributed by atoms with van der Waals surface area (Å²) in [6.07, 6.45) is 3.26. The first-order chi connectivity index (χ1) is 12.1. The summed E-state index contributed by atoms with van der Waals surface area (Å²) in [6, 6.07) is 6.16. The maximum absolute atomic E-state index is 12.9. The number of nitrogens with zero attached hydrogens (tertiary/aromatic N) is 2. The second-order valence-electron chi connectivity index (χ2n) is 6.40. The third-order valence-corrected chi connectivity index (χ3v) is 6.96. The number of thioether (sulfide) groups is 1. The molecular formula is C19H20N2O2S2. The number of rotatable bonds is 4. The highest BCUT2D eigenvalue weighted by Crippen LogP contribution is 2.36. The molecule has 25 heavy (non-hydrogen) atoms. The van der Waals surface area contributed by atoms with Gasteiger partial charge < -0.3 is 4.74 Å². The lowest BCUT2D eigenvalue weighted by atomic mass is 10.1. The molecule has 4 nitrogen and oxygen atoms in total. The van der Waals surface area contributed by atoms with Crippen LogP contribution in [0.25, 0.3) is 10.2 Å². The molecule has 0 radical (unpaired) electrons. The summed E-state index contributed by atoms with van der Waals surface area (Å²) < 4.78 is 7.15. The average molecular weight is 373 g/mol. The first kappa shape index (κ1) is 16.7. The van der Waals surface area contributed by atoms with Gasteiger partial charge in [0.1, 0.15) is 10.6 Å². The minimum absolute atomic E-state index is 0.0862. The maximum atomic E-state index is 12.9. The quantitative estimate of drug-likeness (QED) is 0.511. The van der Waals surface area contributed by atoms with Crippen molar-refractivity contribution < 1.29 is 4.74 Å². The number of ether oxygens (including phenoxy) is 1. The van der Waals surface area contributed by atoms with E-state index in [-0.39, 0.29) is 5.56 Å². The smallest absolute Gasteiger partial charge is 0.262 e. The fourth-order valence-corrected chi connectivity index (χ4v) is 5.65. The summed E-state index contributed by atoms with van der Waals surface area (Å²) in [5, 5.41) is 1.61. The van der Waals surface area contributed by atoms with Gasteiger partial charge in [0, 0.05) is 23.2 Å².